The second kappa shape index (κ2) is 15.8. The molecule has 1 aromatic heterocycles. The Morgan fingerprint density at radius 1 is 0.741 bits per heavy atom. The maximum atomic E-state index is 7.93. The number of hydrogen-bond donors (Lipinski definition) is 0. The van der Waals surface area contributed by atoms with Crippen LogP contribution in [0.1, 0.15) is 116 Å². The van der Waals surface area contributed by atoms with E-state index in [1.807, 2.05) is 0 Å². The van der Waals surface area contributed by atoms with E-state index in [0.717, 1.165) is 31.6 Å². The van der Waals surface area contributed by atoms with Gasteiger partial charge in [-0.25, -0.2) is 0 Å². The molecule has 0 saturated heterocycles. The summed E-state index contributed by atoms with van der Waals surface area (Å²) in [7, 11) is 0. The third-order valence-electron chi connectivity index (χ3n) is 5.48. The molecule has 0 aliphatic rings. The average molecular weight is 381 g/mol. The van der Waals surface area contributed by atoms with Gasteiger partial charge in [-0.2, -0.15) is 5.01 Å². The second-order valence-electron chi connectivity index (χ2n) is 7.72. The van der Waals surface area contributed by atoms with E-state index >= 15 is 0 Å². The van der Waals surface area contributed by atoms with Crippen molar-refractivity contribution in [3.05, 3.63) is 11.4 Å². The van der Waals surface area contributed by atoms with E-state index in [4.69, 9.17) is 10.3 Å². The Kier molecular flexibility index (Phi) is 13.9. The zero-order chi connectivity index (χ0) is 19.7. The molecule has 5 heteroatoms. The molecule has 0 amide bonds. The van der Waals surface area contributed by atoms with E-state index < -0.39 is 0 Å². The molecule has 5 nitrogen and oxygen atoms in total. The van der Waals surface area contributed by atoms with Gasteiger partial charge in [-0.15, -0.1) is 0 Å². The molecule has 0 saturated carbocycles. The number of hydrogen-bond acceptors (Lipinski definition) is 3. The van der Waals surface area contributed by atoms with E-state index in [-0.39, 0.29) is 5.88 Å². The van der Waals surface area contributed by atoms with Crippen molar-refractivity contribution in [1.82, 2.24) is 5.27 Å². The van der Waals surface area contributed by atoms with E-state index in [1.165, 1.54) is 83.5 Å². The van der Waals surface area contributed by atoms with Gasteiger partial charge in [0.15, 0.2) is 0 Å². The van der Waals surface area contributed by atoms with Gasteiger partial charge in [0.05, 0.1) is 17.9 Å². The standard InChI is InChI=1S/C22H44N4O/c1-4-7-8-9-10-11-12-13-14-15-16-17-18-19-20-21-22(23)27-24-26(21)25(5-2)6-3/h23H,4-20H2,1-3H3. The molecule has 1 heterocycles. The molecule has 1 rings (SSSR count). The average Bonchev–Trinajstić information content (AvgIpc) is 3.04. The predicted octanol–water partition coefficient (Wildman–Crippen LogP) is 6.65. The SMILES string of the molecule is CCCCCCCCCCCCCCCCc1c([NH-])on[n+]1N(CC)CC. The summed E-state index contributed by atoms with van der Waals surface area (Å²) >= 11 is 0. The molecule has 0 aliphatic heterocycles. The lowest BCUT2D eigenvalue weighted by atomic mass is 10.0. The van der Waals surface area contributed by atoms with Gasteiger partial charge in [-0.1, -0.05) is 90.4 Å². The predicted molar refractivity (Wildman–Crippen MR) is 114 cm³/mol. The quantitative estimate of drug-likeness (QED) is 0.212. The summed E-state index contributed by atoms with van der Waals surface area (Å²) in [5.74, 6) is 0.219. The van der Waals surface area contributed by atoms with E-state index in [0.29, 0.717) is 0 Å². The number of nitrogens with zero attached hydrogens (tertiary/aromatic N) is 3. The largest absolute Gasteiger partial charge is 0.660 e. The normalized spacial score (nSPS) is 11.2. The lowest BCUT2D eigenvalue weighted by molar-refractivity contribution is -0.763. The molecule has 27 heavy (non-hydrogen) atoms. The summed E-state index contributed by atoms with van der Waals surface area (Å²) in [6, 6.07) is 0. The van der Waals surface area contributed by atoms with E-state index in [9.17, 15) is 0 Å². The Balaban J connectivity index is 2.00. The molecule has 0 radical (unpaired) electrons. The number of aromatic nitrogens is 2. The van der Waals surface area contributed by atoms with Crippen LogP contribution in [0.15, 0.2) is 4.52 Å². The van der Waals surface area contributed by atoms with Crippen molar-refractivity contribution >= 4 is 5.88 Å². The smallest absolute Gasteiger partial charge is 0.268 e. The minimum atomic E-state index is 0.219. The van der Waals surface area contributed by atoms with Crippen molar-refractivity contribution < 1.29 is 9.31 Å². The number of rotatable bonds is 18. The lowest BCUT2D eigenvalue weighted by Crippen LogP contribution is -2.60. The van der Waals surface area contributed by atoms with E-state index in [1.54, 1.807) is 4.79 Å². The van der Waals surface area contributed by atoms with Crippen molar-refractivity contribution in [2.45, 2.75) is 117 Å². The van der Waals surface area contributed by atoms with Gasteiger partial charge in [-0.3, -0.25) is 0 Å². The Bertz CT molecular complexity index is 457. The highest BCUT2D eigenvalue weighted by Gasteiger charge is 2.23. The van der Waals surface area contributed by atoms with Crippen LogP contribution in [-0.4, -0.2) is 18.4 Å². The van der Waals surface area contributed by atoms with Crippen molar-refractivity contribution in [1.29, 1.82) is 0 Å². The monoisotopic (exact) mass is 380 g/mol. The summed E-state index contributed by atoms with van der Waals surface area (Å²) < 4.78 is 5.09. The fourth-order valence-electron chi connectivity index (χ4n) is 3.69. The number of nitrogens with one attached hydrogen (secondary N) is 1. The summed E-state index contributed by atoms with van der Waals surface area (Å²) in [6.07, 6.45) is 20.0. The Morgan fingerprint density at radius 3 is 1.63 bits per heavy atom. The van der Waals surface area contributed by atoms with Gasteiger partial charge in [0.25, 0.3) is 5.69 Å². The second-order valence-corrected chi connectivity index (χ2v) is 7.72. The maximum absolute atomic E-state index is 7.93. The molecule has 0 spiro atoms. The lowest BCUT2D eigenvalue weighted by Gasteiger charge is -2.10. The zero-order valence-corrected chi connectivity index (χ0v) is 18.3. The van der Waals surface area contributed by atoms with Gasteiger partial charge < -0.3 is 10.3 Å². The molecule has 0 bridgehead atoms. The molecular weight excluding hydrogens is 336 g/mol. The fourth-order valence-corrected chi connectivity index (χ4v) is 3.69. The van der Waals surface area contributed by atoms with Gasteiger partial charge in [-0.05, 0) is 20.3 Å². The first kappa shape index (κ1) is 23.8. The first-order chi connectivity index (χ1) is 13.2. The highest BCUT2D eigenvalue weighted by atomic mass is 16.5. The molecule has 1 aromatic rings. The van der Waals surface area contributed by atoms with Crippen molar-refractivity contribution in [3.63, 3.8) is 0 Å². The first-order valence-electron chi connectivity index (χ1n) is 11.6. The van der Waals surface area contributed by atoms with Crippen LogP contribution >= 0.6 is 0 Å². The van der Waals surface area contributed by atoms with Crippen LogP contribution in [0.25, 0.3) is 5.73 Å². The summed E-state index contributed by atoms with van der Waals surface area (Å²) in [5.41, 5.74) is 8.85. The molecule has 1 N–H and O–H groups in total. The highest BCUT2D eigenvalue weighted by Crippen LogP contribution is 2.17. The van der Waals surface area contributed by atoms with Crippen LogP contribution in [0, 0.1) is 0 Å². The van der Waals surface area contributed by atoms with Gasteiger partial charge in [0.2, 0.25) is 5.27 Å². The minimum absolute atomic E-state index is 0.219. The Hall–Kier alpha value is -1.26. The van der Waals surface area contributed by atoms with Gasteiger partial charge in [0.1, 0.15) is 5.88 Å². The Labute approximate surface area is 167 Å². The molecule has 0 unspecified atom stereocenters. The first-order valence-corrected chi connectivity index (χ1v) is 11.6. The Morgan fingerprint density at radius 2 is 1.19 bits per heavy atom. The molecule has 0 fully saturated rings. The zero-order valence-electron chi connectivity index (χ0n) is 18.3. The third-order valence-corrected chi connectivity index (χ3v) is 5.48. The summed E-state index contributed by atoms with van der Waals surface area (Å²) in [4.78, 5) is 1.80. The van der Waals surface area contributed by atoms with Crippen molar-refractivity contribution in [3.8, 4) is 0 Å². The van der Waals surface area contributed by atoms with Crippen molar-refractivity contribution in [2.24, 2.45) is 0 Å². The van der Waals surface area contributed by atoms with Crippen LogP contribution in [0.5, 0.6) is 0 Å². The number of unbranched alkanes of at least 4 members (excludes halogenated alkanes) is 13. The molecule has 158 valence electrons. The maximum Gasteiger partial charge on any atom is 0.268 e. The van der Waals surface area contributed by atoms with Crippen LogP contribution in [0.4, 0.5) is 5.88 Å². The van der Waals surface area contributed by atoms with Crippen molar-refractivity contribution in [2.75, 3.05) is 18.1 Å². The molecule has 0 atom stereocenters. The van der Waals surface area contributed by atoms with E-state index in [2.05, 4.69) is 31.1 Å². The minimum Gasteiger partial charge on any atom is -0.660 e. The molecule has 0 aromatic carbocycles. The van der Waals surface area contributed by atoms with Gasteiger partial charge >= 0.3 is 0 Å². The third kappa shape index (κ3) is 10.0. The molecular formula is C22H44N4O. The topological polar surface area (TPSA) is 57.0 Å². The van der Waals surface area contributed by atoms with Gasteiger partial charge in [0, 0.05) is 6.42 Å². The fraction of sp³-hybridized carbons (Fsp3) is 0.909. The van der Waals surface area contributed by atoms with Crippen LogP contribution in [-0.2, 0) is 6.42 Å². The van der Waals surface area contributed by atoms with Crippen LogP contribution in [0.3, 0.4) is 0 Å². The highest BCUT2D eigenvalue weighted by molar-refractivity contribution is 5.31. The van der Waals surface area contributed by atoms with Crippen LogP contribution < -0.4 is 9.80 Å². The summed E-state index contributed by atoms with van der Waals surface area (Å²) in [5, 5.41) is 6.12. The summed E-state index contributed by atoms with van der Waals surface area (Å²) in [6.45, 7) is 8.23. The van der Waals surface area contributed by atoms with Crippen LogP contribution in [0.2, 0.25) is 0 Å². The molecule has 0 aliphatic carbocycles.